The highest BCUT2D eigenvalue weighted by molar-refractivity contribution is 7.89. The normalized spacial score (nSPS) is 11.5. The first-order valence-electron chi connectivity index (χ1n) is 6.55. The van der Waals surface area contributed by atoms with Crippen LogP contribution in [0.5, 0.6) is 0 Å². The molecule has 0 saturated carbocycles. The van der Waals surface area contributed by atoms with Crippen molar-refractivity contribution in [2.45, 2.75) is 24.8 Å². The van der Waals surface area contributed by atoms with E-state index in [-0.39, 0.29) is 22.2 Å². The van der Waals surface area contributed by atoms with E-state index in [1.165, 1.54) is 17.7 Å². The van der Waals surface area contributed by atoms with Gasteiger partial charge in [-0.15, -0.1) is 0 Å². The van der Waals surface area contributed by atoms with Crippen molar-refractivity contribution in [1.82, 2.24) is 4.72 Å². The van der Waals surface area contributed by atoms with Crippen molar-refractivity contribution in [1.29, 1.82) is 0 Å². The highest BCUT2D eigenvalue weighted by atomic mass is 35.5. The van der Waals surface area contributed by atoms with Crippen LogP contribution in [-0.4, -0.2) is 8.42 Å². The quantitative estimate of drug-likeness (QED) is 0.830. The first-order chi connectivity index (χ1) is 9.94. The highest BCUT2D eigenvalue weighted by Gasteiger charge is 2.20. The molecular formula is C15H17ClN2O2S. The Hall–Kier alpha value is -1.56. The molecule has 0 fully saturated rings. The van der Waals surface area contributed by atoms with Crippen LogP contribution in [0.25, 0.3) is 0 Å². The van der Waals surface area contributed by atoms with Crippen LogP contribution in [0.3, 0.4) is 0 Å². The number of hydrogen-bond acceptors (Lipinski definition) is 3. The topological polar surface area (TPSA) is 72.2 Å². The predicted octanol–water partition coefficient (Wildman–Crippen LogP) is 2.96. The van der Waals surface area contributed by atoms with Gasteiger partial charge >= 0.3 is 0 Å². The molecule has 0 aromatic heterocycles. The second-order valence-electron chi connectivity index (χ2n) is 4.65. The van der Waals surface area contributed by atoms with Crippen molar-refractivity contribution in [3.8, 4) is 0 Å². The molecule has 2 aromatic rings. The Morgan fingerprint density at radius 3 is 2.29 bits per heavy atom. The number of nitrogens with one attached hydrogen (secondary N) is 1. The van der Waals surface area contributed by atoms with Gasteiger partial charge < -0.3 is 5.73 Å². The zero-order chi connectivity index (χ0) is 15.5. The average Bonchev–Trinajstić information content (AvgIpc) is 2.45. The van der Waals surface area contributed by atoms with Gasteiger partial charge in [0.1, 0.15) is 4.90 Å². The SMILES string of the molecule is CCc1ccc(CNS(=O)(=O)c2c(N)cccc2Cl)cc1. The van der Waals surface area contributed by atoms with Gasteiger partial charge in [0.05, 0.1) is 10.7 Å². The van der Waals surface area contributed by atoms with Crippen molar-refractivity contribution in [3.63, 3.8) is 0 Å². The first kappa shape index (κ1) is 15.8. The van der Waals surface area contributed by atoms with E-state index in [4.69, 9.17) is 17.3 Å². The molecule has 6 heteroatoms. The van der Waals surface area contributed by atoms with E-state index in [2.05, 4.69) is 11.6 Å². The second-order valence-corrected chi connectivity index (χ2v) is 6.76. The summed E-state index contributed by atoms with van der Waals surface area (Å²) in [6, 6.07) is 12.4. The Balaban J connectivity index is 2.18. The number of sulfonamides is 1. The molecule has 0 aliphatic heterocycles. The second kappa shape index (κ2) is 6.47. The van der Waals surface area contributed by atoms with Crippen molar-refractivity contribution >= 4 is 27.3 Å². The van der Waals surface area contributed by atoms with Gasteiger partial charge in [-0.25, -0.2) is 13.1 Å². The summed E-state index contributed by atoms with van der Waals surface area (Å²) in [5.41, 5.74) is 7.93. The fraction of sp³-hybridized carbons (Fsp3) is 0.200. The first-order valence-corrected chi connectivity index (χ1v) is 8.41. The van der Waals surface area contributed by atoms with E-state index in [1.807, 2.05) is 24.3 Å². The summed E-state index contributed by atoms with van der Waals surface area (Å²) in [5, 5.41) is 0.115. The van der Waals surface area contributed by atoms with E-state index in [1.54, 1.807) is 6.07 Å². The number of aryl methyl sites for hydroxylation is 1. The van der Waals surface area contributed by atoms with Gasteiger partial charge in [0.25, 0.3) is 0 Å². The summed E-state index contributed by atoms with van der Waals surface area (Å²) in [7, 11) is -3.74. The maximum Gasteiger partial charge on any atom is 0.244 e. The largest absolute Gasteiger partial charge is 0.398 e. The monoisotopic (exact) mass is 324 g/mol. The molecule has 2 rings (SSSR count). The minimum atomic E-state index is -3.74. The lowest BCUT2D eigenvalue weighted by molar-refractivity contribution is 0.582. The van der Waals surface area contributed by atoms with Crippen LogP contribution in [0.1, 0.15) is 18.1 Å². The molecule has 0 atom stereocenters. The molecule has 0 unspecified atom stereocenters. The van der Waals surface area contributed by atoms with Gasteiger partial charge in [0.15, 0.2) is 0 Å². The molecule has 0 amide bonds. The number of benzene rings is 2. The highest BCUT2D eigenvalue weighted by Crippen LogP contribution is 2.26. The summed E-state index contributed by atoms with van der Waals surface area (Å²) < 4.78 is 27.1. The fourth-order valence-electron chi connectivity index (χ4n) is 1.95. The summed E-state index contributed by atoms with van der Waals surface area (Å²) in [6.07, 6.45) is 0.947. The molecular weight excluding hydrogens is 308 g/mol. The fourth-order valence-corrected chi connectivity index (χ4v) is 3.64. The van der Waals surface area contributed by atoms with Crippen LogP contribution in [0.4, 0.5) is 5.69 Å². The van der Waals surface area contributed by atoms with Gasteiger partial charge in [0.2, 0.25) is 10.0 Å². The van der Waals surface area contributed by atoms with Gasteiger partial charge in [-0.05, 0) is 29.7 Å². The maximum atomic E-state index is 12.3. The summed E-state index contributed by atoms with van der Waals surface area (Å²) in [4.78, 5) is -0.0724. The Morgan fingerprint density at radius 1 is 1.10 bits per heavy atom. The molecule has 0 spiro atoms. The third kappa shape index (κ3) is 3.75. The van der Waals surface area contributed by atoms with E-state index < -0.39 is 10.0 Å². The van der Waals surface area contributed by atoms with Crippen LogP contribution in [0, 0.1) is 0 Å². The van der Waals surface area contributed by atoms with Crippen LogP contribution < -0.4 is 10.5 Å². The number of nitrogen functional groups attached to an aromatic ring is 1. The van der Waals surface area contributed by atoms with Crippen molar-refractivity contribution in [3.05, 3.63) is 58.6 Å². The Morgan fingerprint density at radius 2 is 1.71 bits per heavy atom. The molecule has 21 heavy (non-hydrogen) atoms. The molecule has 0 bridgehead atoms. The lowest BCUT2D eigenvalue weighted by atomic mass is 10.1. The van der Waals surface area contributed by atoms with Gasteiger partial charge in [-0.3, -0.25) is 0 Å². The summed E-state index contributed by atoms with van der Waals surface area (Å²) >= 11 is 5.94. The Kier molecular flexibility index (Phi) is 4.88. The van der Waals surface area contributed by atoms with Crippen LogP contribution in [-0.2, 0) is 23.0 Å². The number of nitrogens with two attached hydrogens (primary N) is 1. The minimum Gasteiger partial charge on any atom is -0.398 e. The third-order valence-corrected chi connectivity index (χ3v) is 5.11. The molecule has 0 aliphatic carbocycles. The van der Waals surface area contributed by atoms with E-state index in [0.29, 0.717) is 0 Å². The smallest absolute Gasteiger partial charge is 0.244 e. The number of rotatable bonds is 5. The maximum absolute atomic E-state index is 12.3. The molecule has 112 valence electrons. The van der Waals surface area contributed by atoms with Crippen LogP contribution in [0.15, 0.2) is 47.4 Å². The minimum absolute atomic E-state index is 0.0724. The van der Waals surface area contributed by atoms with E-state index in [9.17, 15) is 8.42 Å². The molecule has 3 N–H and O–H groups in total. The van der Waals surface area contributed by atoms with Crippen LogP contribution >= 0.6 is 11.6 Å². The zero-order valence-corrected chi connectivity index (χ0v) is 13.2. The Bertz CT molecular complexity index is 708. The van der Waals surface area contributed by atoms with Crippen molar-refractivity contribution < 1.29 is 8.42 Å². The van der Waals surface area contributed by atoms with Gasteiger partial charge in [-0.1, -0.05) is 48.9 Å². The van der Waals surface area contributed by atoms with Crippen LogP contribution in [0.2, 0.25) is 5.02 Å². The lowest BCUT2D eigenvalue weighted by Gasteiger charge is -2.11. The number of hydrogen-bond donors (Lipinski definition) is 2. The lowest BCUT2D eigenvalue weighted by Crippen LogP contribution is -2.24. The van der Waals surface area contributed by atoms with E-state index in [0.717, 1.165) is 12.0 Å². The van der Waals surface area contributed by atoms with Gasteiger partial charge in [-0.2, -0.15) is 0 Å². The summed E-state index contributed by atoms with van der Waals surface area (Å²) in [5.74, 6) is 0. The Labute approximate surface area is 130 Å². The zero-order valence-electron chi connectivity index (χ0n) is 11.6. The number of halogens is 1. The molecule has 2 aromatic carbocycles. The van der Waals surface area contributed by atoms with Crippen molar-refractivity contribution in [2.75, 3.05) is 5.73 Å². The number of anilines is 1. The van der Waals surface area contributed by atoms with Gasteiger partial charge in [0, 0.05) is 6.54 Å². The third-order valence-electron chi connectivity index (χ3n) is 3.16. The molecule has 0 saturated heterocycles. The summed E-state index contributed by atoms with van der Waals surface area (Å²) in [6.45, 7) is 2.26. The predicted molar refractivity (Wildman–Crippen MR) is 85.7 cm³/mol. The standard InChI is InChI=1S/C15H17ClN2O2S/c1-2-11-6-8-12(9-7-11)10-18-21(19,20)15-13(16)4-3-5-14(15)17/h3-9,18H,2,10,17H2,1H3. The van der Waals surface area contributed by atoms with E-state index >= 15 is 0 Å². The average molecular weight is 325 g/mol. The molecule has 0 radical (unpaired) electrons. The molecule has 0 heterocycles. The molecule has 4 nitrogen and oxygen atoms in total. The molecule has 0 aliphatic rings. The van der Waals surface area contributed by atoms with Crippen molar-refractivity contribution in [2.24, 2.45) is 0 Å².